The van der Waals surface area contributed by atoms with Gasteiger partial charge in [-0.15, -0.1) is 6.58 Å². The van der Waals surface area contributed by atoms with Gasteiger partial charge >= 0.3 is 0 Å². The van der Waals surface area contributed by atoms with Gasteiger partial charge in [0.2, 0.25) is 0 Å². The summed E-state index contributed by atoms with van der Waals surface area (Å²) in [5, 5.41) is 0. The molecule has 0 aliphatic heterocycles. The van der Waals surface area contributed by atoms with Gasteiger partial charge in [0, 0.05) is 11.1 Å². The molecule has 27 heavy (non-hydrogen) atoms. The van der Waals surface area contributed by atoms with Crippen molar-refractivity contribution in [2.45, 2.75) is 44.9 Å². The lowest BCUT2D eigenvalue weighted by atomic mass is 9.79. The van der Waals surface area contributed by atoms with Crippen LogP contribution in [0.25, 0.3) is 11.1 Å². The third-order valence-corrected chi connectivity index (χ3v) is 6.22. The third kappa shape index (κ3) is 3.19. The Morgan fingerprint density at radius 2 is 1.59 bits per heavy atom. The van der Waals surface area contributed by atoms with Crippen LogP contribution in [0.3, 0.4) is 0 Å². The number of halogens is 4. The normalized spacial score (nSPS) is 21.0. The minimum atomic E-state index is -1.10. The van der Waals surface area contributed by atoms with E-state index < -0.39 is 23.3 Å². The van der Waals surface area contributed by atoms with Gasteiger partial charge in [0.15, 0.2) is 23.3 Å². The van der Waals surface area contributed by atoms with Crippen LogP contribution in [0.1, 0.15) is 48.8 Å². The molecule has 0 aromatic heterocycles. The third-order valence-electron chi connectivity index (χ3n) is 6.22. The smallest absolute Gasteiger partial charge is 0.167 e. The van der Waals surface area contributed by atoms with Crippen LogP contribution in [0.2, 0.25) is 0 Å². The van der Waals surface area contributed by atoms with Crippen molar-refractivity contribution in [3.8, 4) is 11.1 Å². The summed E-state index contributed by atoms with van der Waals surface area (Å²) >= 11 is 0. The maximum absolute atomic E-state index is 14.7. The van der Waals surface area contributed by atoms with Crippen molar-refractivity contribution in [2.75, 3.05) is 0 Å². The van der Waals surface area contributed by atoms with Gasteiger partial charge in [0.25, 0.3) is 0 Å². The van der Waals surface area contributed by atoms with Gasteiger partial charge in [-0.3, -0.25) is 0 Å². The second-order valence-corrected chi connectivity index (χ2v) is 7.83. The maximum atomic E-state index is 14.7. The molecule has 142 valence electrons. The second-order valence-electron chi connectivity index (χ2n) is 7.83. The largest absolute Gasteiger partial charge is 0.204 e. The Morgan fingerprint density at radius 3 is 2.30 bits per heavy atom. The van der Waals surface area contributed by atoms with Gasteiger partial charge < -0.3 is 0 Å². The number of hydrogen-bond acceptors (Lipinski definition) is 0. The first-order valence-electron chi connectivity index (χ1n) is 9.59. The molecule has 2 aliphatic carbocycles. The van der Waals surface area contributed by atoms with Gasteiger partial charge in [0.1, 0.15) is 0 Å². The van der Waals surface area contributed by atoms with E-state index in [1.54, 1.807) is 6.07 Å². The van der Waals surface area contributed by atoms with E-state index in [0.29, 0.717) is 41.4 Å². The quantitative estimate of drug-likeness (QED) is 0.350. The molecule has 0 atom stereocenters. The first-order chi connectivity index (χ1) is 13.0. The number of fused-ring (bicyclic) bond motifs is 3. The van der Waals surface area contributed by atoms with E-state index in [-0.39, 0.29) is 11.1 Å². The molecule has 0 heterocycles. The molecule has 0 N–H and O–H groups in total. The summed E-state index contributed by atoms with van der Waals surface area (Å²) in [5.41, 5.74) is 1.14. The van der Waals surface area contributed by atoms with Crippen molar-refractivity contribution in [2.24, 2.45) is 11.8 Å². The molecule has 0 amide bonds. The molecule has 0 saturated heterocycles. The average Bonchev–Trinajstić information content (AvgIpc) is 3.06. The van der Waals surface area contributed by atoms with Crippen molar-refractivity contribution in [1.29, 1.82) is 0 Å². The van der Waals surface area contributed by atoms with Crippen LogP contribution >= 0.6 is 0 Å². The van der Waals surface area contributed by atoms with Gasteiger partial charge in [-0.25, -0.2) is 17.6 Å². The van der Waals surface area contributed by atoms with Crippen molar-refractivity contribution in [3.05, 3.63) is 70.8 Å². The molecule has 0 radical (unpaired) electrons. The zero-order valence-corrected chi connectivity index (χ0v) is 15.1. The Hall–Kier alpha value is -2.10. The second kappa shape index (κ2) is 7.14. The molecule has 2 aromatic carbocycles. The van der Waals surface area contributed by atoms with Gasteiger partial charge in [0.05, 0.1) is 0 Å². The molecule has 2 aromatic rings. The van der Waals surface area contributed by atoms with Crippen LogP contribution in [0.5, 0.6) is 0 Å². The zero-order valence-electron chi connectivity index (χ0n) is 15.1. The summed E-state index contributed by atoms with van der Waals surface area (Å²) in [5.74, 6) is -3.03. The highest BCUT2D eigenvalue weighted by Crippen LogP contribution is 2.43. The monoisotopic (exact) mass is 374 g/mol. The Kier molecular flexibility index (Phi) is 4.83. The minimum absolute atomic E-state index is 0.116. The summed E-state index contributed by atoms with van der Waals surface area (Å²) in [7, 11) is 0. The zero-order chi connectivity index (χ0) is 19.1. The number of hydrogen-bond donors (Lipinski definition) is 0. The molecule has 4 heteroatoms. The van der Waals surface area contributed by atoms with Gasteiger partial charge in [-0.05, 0) is 79.5 Å². The summed E-state index contributed by atoms with van der Waals surface area (Å²) in [6.45, 7) is 3.84. The molecule has 0 spiro atoms. The Morgan fingerprint density at radius 1 is 0.889 bits per heavy atom. The predicted octanol–water partition coefficient (Wildman–Crippen LogP) is 6.74. The van der Waals surface area contributed by atoms with Crippen LogP contribution in [0.4, 0.5) is 17.6 Å². The van der Waals surface area contributed by atoms with Gasteiger partial charge in [-0.1, -0.05) is 18.2 Å². The van der Waals surface area contributed by atoms with Crippen molar-refractivity contribution in [1.82, 2.24) is 0 Å². The molecular weight excluding hydrogens is 352 g/mol. The molecule has 0 nitrogen and oxygen atoms in total. The highest BCUT2D eigenvalue weighted by Gasteiger charge is 2.30. The van der Waals surface area contributed by atoms with Crippen molar-refractivity contribution in [3.63, 3.8) is 0 Å². The Balaban J connectivity index is 1.57. The summed E-state index contributed by atoms with van der Waals surface area (Å²) in [4.78, 5) is 0. The molecule has 1 saturated carbocycles. The molecule has 0 unspecified atom stereocenters. The van der Waals surface area contributed by atoms with Crippen LogP contribution in [-0.4, -0.2) is 0 Å². The fourth-order valence-corrected chi connectivity index (χ4v) is 4.61. The van der Waals surface area contributed by atoms with Crippen molar-refractivity contribution >= 4 is 0 Å². The van der Waals surface area contributed by atoms with Crippen molar-refractivity contribution < 1.29 is 17.6 Å². The lowest BCUT2D eigenvalue weighted by molar-refractivity contribution is 0.295. The standard InChI is InChI=1S/C23H22F4/c1-2-13-3-5-14(6-4-13)7-8-16-12-17-11-15-9-10-18(24)22(26)19(15)20(17)23(27)21(16)25/h2,9-10,12-14H,1,3-8,11H2. The fraction of sp³-hybridized carbons (Fsp3) is 0.391. The van der Waals surface area contributed by atoms with Gasteiger partial charge in [-0.2, -0.15) is 0 Å². The maximum Gasteiger partial charge on any atom is 0.167 e. The van der Waals surface area contributed by atoms with E-state index in [9.17, 15) is 17.6 Å². The number of aryl methyl sites for hydroxylation is 1. The van der Waals surface area contributed by atoms with E-state index in [2.05, 4.69) is 6.58 Å². The summed E-state index contributed by atoms with van der Waals surface area (Å²) < 4.78 is 57.1. The van der Waals surface area contributed by atoms with Crippen LogP contribution in [-0.2, 0) is 12.8 Å². The number of rotatable bonds is 4. The molecule has 2 aliphatic rings. The van der Waals surface area contributed by atoms with E-state index in [1.165, 1.54) is 6.07 Å². The fourth-order valence-electron chi connectivity index (χ4n) is 4.61. The van der Waals surface area contributed by atoms with E-state index in [1.807, 2.05) is 6.08 Å². The lowest BCUT2D eigenvalue weighted by Gasteiger charge is -2.26. The topological polar surface area (TPSA) is 0 Å². The minimum Gasteiger partial charge on any atom is -0.204 e. The van der Waals surface area contributed by atoms with E-state index in [0.717, 1.165) is 38.2 Å². The average molecular weight is 374 g/mol. The molecule has 4 rings (SSSR count). The van der Waals surface area contributed by atoms with Crippen LogP contribution < -0.4 is 0 Å². The predicted molar refractivity (Wildman–Crippen MR) is 98.5 cm³/mol. The van der Waals surface area contributed by atoms with E-state index >= 15 is 0 Å². The first-order valence-corrected chi connectivity index (χ1v) is 9.59. The van der Waals surface area contributed by atoms with Crippen LogP contribution in [0, 0.1) is 35.1 Å². The highest BCUT2D eigenvalue weighted by atomic mass is 19.2. The number of benzene rings is 2. The summed E-state index contributed by atoms with van der Waals surface area (Å²) in [6, 6.07) is 4.12. The Bertz CT molecular complexity index is 892. The highest BCUT2D eigenvalue weighted by molar-refractivity contribution is 5.78. The van der Waals surface area contributed by atoms with Crippen LogP contribution in [0.15, 0.2) is 30.9 Å². The lowest BCUT2D eigenvalue weighted by Crippen LogP contribution is -2.14. The molecular formula is C23H22F4. The molecule has 0 bridgehead atoms. The van der Waals surface area contributed by atoms with E-state index in [4.69, 9.17) is 0 Å². The molecule has 1 fully saturated rings. The summed E-state index contributed by atoms with van der Waals surface area (Å²) in [6.07, 6.45) is 7.97. The number of allylic oxidation sites excluding steroid dienone is 1. The Labute approximate surface area is 156 Å². The first kappa shape index (κ1) is 18.3. The SMILES string of the molecule is C=CC1CCC(CCc2cc3c(c(F)c2F)-c2c(ccc(F)c2F)C3)CC1.